The lowest BCUT2D eigenvalue weighted by Gasteiger charge is -2.30. The van der Waals surface area contributed by atoms with E-state index in [4.69, 9.17) is 4.74 Å². The number of carbonyl (C=O) groups is 3. The normalized spacial score (nSPS) is 18.2. The van der Waals surface area contributed by atoms with Crippen molar-refractivity contribution in [2.75, 3.05) is 43.1 Å². The maximum atomic E-state index is 12.8. The maximum absolute atomic E-state index is 12.8. The van der Waals surface area contributed by atoms with E-state index in [9.17, 15) is 14.4 Å². The molecule has 2 aliphatic rings. The van der Waals surface area contributed by atoms with Gasteiger partial charge >= 0.3 is 0 Å². The number of morpholine rings is 1. The molecule has 1 N–H and O–H groups in total. The van der Waals surface area contributed by atoms with E-state index in [-0.39, 0.29) is 6.54 Å². The molecule has 2 saturated heterocycles. The van der Waals surface area contributed by atoms with Crippen molar-refractivity contribution >= 4 is 46.3 Å². The van der Waals surface area contributed by atoms with E-state index in [1.54, 1.807) is 6.08 Å². The minimum Gasteiger partial charge on any atom is -0.378 e. The third-order valence-corrected chi connectivity index (χ3v) is 6.17. The monoisotopic (exact) mass is 463 g/mol. The molecule has 0 unspecified atom stereocenters. The van der Waals surface area contributed by atoms with Crippen molar-refractivity contribution in [3.8, 4) is 0 Å². The van der Waals surface area contributed by atoms with E-state index >= 15 is 0 Å². The molecule has 3 amide bonds. The van der Waals surface area contributed by atoms with Gasteiger partial charge in [-0.25, -0.2) is 0 Å². The smallest absolute Gasteiger partial charge is 0.294 e. The van der Waals surface area contributed by atoms with Gasteiger partial charge in [0.05, 0.1) is 29.5 Å². The number of carbonyl (C=O) groups excluding carboxylic acids is 3. The van der Waals surface area contributed by atoms with E-state index < -0.39 is 17.1 Å². The zero-order chi connectivity index (χ0) is 23.2. The molecule has 4 rings (SSSR count). The van der Waals surface area contributed by atoms with E-state index in [1.807, 2.05) is 67.6 Å². The first kappa shape index (κ1) is 22.8. The molecule has 0 aliphatic carbocycles. The highest BCUT2D eigenvalue weighted by atomic mass is 32.2. The van der Waals surface area contributed by atoms with Crippen LogP contribution in [0.3, 0.4) is 0 Å². The van der Waals surface area contributed by atoms with Gasteiger partial charge in [0.1, 0.15) is 6.54 Å². The second-order valence-electron chi connectivity index (χ2n) is 7.73. The Kier molecular flexibility index (Phi) is 7.26. The lowest BCUT2D eigenvalue weighted by atomic mass is 10.1. The van der Waals surface area contributed by atoms with E-state index in [0.29, 0.717) is 23.8 Å². The Labute approximate surface area is 197 Å². The molecule has 33 heavy (non-hydrogen) atoms. The van der Waals surface area contributed by atoms with E-state index in [0.717, 1.165) is 46.6 Å². The van der Waals surface area contributed by atoms with Crippen molar-refractivity contribution < 1.29 is 19.1 Å². The summed E-state index contributed by atoms with van der Waals surface area (Å²) in [5.74, 6) is -0.877. The quantitative estimate of drug-likeness (QED) is 0.649. The number of allylic oxidation sites excluding steroid dienone is 2. The standard InChI is InChI=1S/C25H25N3O4S/c1-18(15-19-7-3-2-4-8-19)16-22-24(30)28(25(31)33-22)17-23(29)26-20-9-5-6-10-21(20)27-11-13-32-14-12-27/h2-10,15-16H,11-14,17H2,1H3,(H,26,29)/b18-15+,22-16+. The van der Waals surface area contributed by atoms with Crippen LogP contribution in [-0.2, 0) is 14.3 Å². The zero-order valence-electron chi connectivity index (χ0n) is 18.3. The van der Waals surface area contributed by atoms with Crippen LogP contribution in [-0.4, -0.2) is 54.8 Å². The highest BCUT2D eigenvalue weighted by Gasteiger charge is 2.36. The third kappa shape index (κ3) is 5.71. The minimum atomic E-state index is -0.456. The Hall–Kier alpha value is -3.36. The average Bonchev–Trinajstić information content (AvgIpc) is 3.07. The fraction of sp³-hybridized carbons (Fsp3) is 0.240. The van der Waals surface area contributed by atoms with Crippen LogP contribution >= 0.6 is 11.8 Å². The van der Waals surface area contributed by atoms with Crippen molar-refractivity contribution in [2.24, 2.45) is 0 Å². The first-order chi connectivity index (χ1) is 16.0. The predicted molar refractivity (Wildman–Crippen MR) is 131 cm³/mol. The summed E-state index contributed by atoms with van der Waals surface area (Å²) >= 11 is 0.850. The molecule has 0 atom stereocenters. The molecule has 7 nitrogen and oxygen atoms in total. The molecule has 0 radical (unpaired) electrons. The molecule has 0 saturated carbocycles. The summed E-state index contributed by atoms with van der Waals surface area (Å²) in [5.41, 5.74) is 3.39. The number of hydrogen-bond acceptors (Lipinski definition) is 6. The molecular weight excluding hydrogens is 438 g/mol. The van der Waals surface area contributed by atoms with Gasteiger partial charge in [-0.2, -0.15) is 0 Å². The lowest BCUT2D eigenvalue weighted by Crippen LogP contribution is -2.38. The number of thioether (sulfide) groups is 1. The second kappa shape index (κ2) is 10.5. The Morgan fingerprint density at radius 1 is 1.06 bits per heavy atom. The number of hydrogen-bond donors (Lipinski definition) is 1. The van der Waals surface area contributed by atoms with Gasteiger partial charge < -0.3 is 15.0 Å². The number of para-hydroxylation sites is 2. The van der Waals surface area contributed by atoms with Crippen LogP contribution in [0.4, 0.5) is 16.2 Å². The van der Waals surface area contributed by atoms with Crippen LogP contribution < -0.4 is 10.2 Å². The average molecular weight is 464 g/mol. The van der Waals surface area contributed by atoms with Crippen LogP contribution in [0.1, 0.15) is 12.5 Å². The topological polar surface area (TPSA) is 79.0 Å². The number of imide groups is 1. The Morgan fingerprint density at radius 2 is 1.76 bits per heavy atom. The maximum Gasteiger partial charge on any atom is 0.294 e. The number of anilines is 2. The largest absolute Gasteiger partial charge is 0.378 e. The van der Waals surface area contributed by atoms with E-state index in [2.05, 4.69) is 10.2 Å². The molecule has 8 heteroatoms. The number of ether oxygens (including phenoxy) is 1. The number of benzene rings is 2. The molecule has 0 spiro atoms. The number of rotatable bonds is 6. The summed E-state index contributed by atoms with van der Waals surface area (Å²) in [5, 5.41) is 2.41. The molecule has 2 heterocycles. The van der Waals surface area contributed by atoms with Crippen molar-refractivity contribution in [2.45, 2.75) is 6.92 Å². The number of nitrogens with zero attached hydrogens (tertiary/aromatic N) is 2. The summed E-state index contributed by atoms with van der Waals surface area (Å²) in [4.78, 5) is 41.4. The lowest BCUT2D eigenvalue weighted by molar-refractivity contribution is -0.127. The SMILES string of the molecule is CC(=C\c1ccccc1)/C=C1/SC(=O)N(CC(=O)Nc2ccccc2N2CCOCC2)C1=O. The van der Waals surface area contributed by atoms with Gasteiger partial charge in [-0.15, -0.1) is 0 Å². The summed E-state index contributed by atoms with van der Waals surface area (Å²) in [6.45, 7) is 4.26. The molecule has 0 aromatic heterocycles. The number of nitrogens with one attached hydrogen (secondary N) is 1. The van der Waals surface area contributed by atoms with Crippen LogP contribution in [0, 0.1) is 0 Å². The van der Waals surface area contributed by atoms with Gasteiger partial charge in [0.25, 0.3) is 11.1 Å². The van der Waals surface area contributed by atoms with Crippen LogP contribution in [0.5, 0.6) is 0 Å². The summed E-state index contributed by atoms with van der Waals surface area (Å²) in [7, 11) is 0. The molecule has 2 aliphatic heterocycles. The Bertz CT molecular complexity index is 1110. The van der Waals surface area contributed by atoms with Crippen molar-refractivity contribution in [3.05, 3.63) is 76.7 Å². The number of amides is 3. The van der Waals surface area contributed by atoms with Gasteiger partial charge in [0.2, 0.25) is 5.91 Å². The highest BCUT2D eigenvalue weighted by molar-refractivity contribution is 8.18. The van der Waals surface area contributed by atoms with Gasteiger partial charge in [-0.1, -0.05) is 48.5 Å². The Morgan fingerprint density at radius 3 is 2.52 bits per heavy atom. The molecule has 170 valence electrons. The van der Waals surface area contributed by atoms with Crippen LogP contribution in [0.25, 0.3) is 6.08 Å². The molecule has 0 bridgehead atoms. The van der Waals surface area contributed by atoms with E-state index in [1.165, 1.54) is 0 Å². The molecule has 2 aromatic carbocycles. The molecule has 2 fully saturated rings. The van der Waals surface area contributed by atoms with Crippen LogP contribution in [0.15, 0.2) is 71.2 Å². The first-order valence-electron chi connectivity index (χ1n) is 10.7. The summed E-state index contributed by atoms with van der Waals surface area (Å²) in [6.07, 6.45) is 3.62. The highest BCUT2D eigenvalue weighted by Crippen LogP contribution is 2.32. The van der Waals surface area contributed by atoms with Crippen molar-refractivity contribution in [3.63, 3.8) is 0 Å². The minimum absolute atomic E-state index is 0.311. The van der Waals surface area contributed by atoms with Gasteiger partial charge in [0, 0.05) is 13.1 Å². The fourth-order valence-corrected chi connectivity index (χ4v) is 4.58. The Balaban J connectivity index is 1.42. The second-order valence-corrected chi connectivity index (χ2v) is 8.72. The van der Waals surface area contributed by atoms with Gasteiger partial charge in [-0.05, 0) is 48.0 Å². The first-order valence-corrected chi connectivity index (χ1v) is 11.5. The third-order valence-electron chi connectivity index (χ3n) is 5.26. The van der Waals surface area contributed by atoms with Crippen LogP contribution in [0.2, 0.25) is 0 Å². The molecule has 2 aromatic rings. The van der Waals surface area contributed by atoms with Crippen molar-refractivity contribution in [1.29, 1.82) is 0 Å². The van der Waals surface area contributed by atoms with Gasteiger partial charge in [-0.3, -0.25) is 19.3 Å². The van der Waals surface area contributed by atoms with Gasteiger partial charge in [0.15, 0.2) is 0 Å². The zero-order valence-corrected chi connectivity index (χ0v) is 19.1. The fourth-order valence-electron chi connectivity index (χ4n) is 3.69. The summed E-state index contributed by atoms with van der Waals surface area (Å²) in [6, 6.07) is 17.2. The predicted octanol–water partition coefficient (Wildman–Crippen LogP) is 4.14. The molecular formula is C25H25N3O4S. The summed E-state index contributed by atoms with van der Waals surface area (Å²) < 4.78 is 5.40. The van der Waals surface area contributed by atoms with Crippen molar-refractivity contribution in [1.82, 2.24) is 4.90 Å².